The molecule has 5 heteroatoms. The van der Waals surface area contributed by atoms with Crippen molar-refractivity contribution in [1.82, 2.24) is 5.32 Å². The summed E-state index contributed by atoms with van der Waals surface area (Å²) in [6.07, 6.45) is 0.718. The molecule has 0 aliphatic carbocycles. The van der Waals surface area contributed by atoms with Crippen LogP contribution in [0.2, 0.25) is 5.02 Å². The third-order valence-corrected chi connectivity index (χ3v) is 4.35. The zero-order chi connectivity index (χ0) is 15.8. The van der Waals surface area contributed by atoms with E-state index in [0.717, 1.165) is 10.6 Å². The van der Waals surface area contributed by atoms with Gasteiger partial charge in [0, 0.05) is 28.6 Å². The standard InChI is InChI=1S/C17H17ClFNOS/c18-14-6-8-15(9-7-14)22-12-11-20-17(21)10-5-13-3-1-2-4-16(13)19/h1-4,6-9H,5,10-12H2,(H,20,21). The highest BCUT2D eigenvalue weighted by Crippen LogP contribution is 2.19. The van der Waals surface area contributed by atoms with E-state index < -0.39 is 0 Å². The topological polar surface area (TPSA) is 29.1 Å². The number of thioether (sulfide) groups is 1. The van der Waals surface area contributed by atoms with Crippen molar-refractivity contribution in [2.75, 3.05) is 12.3 Å². The van der Waals surface area contributed by atoms with Gasteiger partial charge in [-0.1, -0.05) is 29.8 Å². The van der Waals surface area contributed by atoms with Gasteiger partial charge in [-0.05, 0) is 42.3 Å². The van der Waals surface area contributed by atoms with Crippen LogP contribution in [0.3, 0.4) is 0 Å². The van der Waals surface area contributed by atoms with Crippen LogP contribution in [-0.2, 0) is 11.2 Å². The smallest absolute Gasteiger partial charge is 0.220 e. The summed E-state index contributed by atoms with van der Waals surface area (Å²) in [7, 11) is 0. The molecule has 2 nitrogen and oxygen atoms in total. The molecule has 0 aliphatic heterocycles. The van der Waals surface area contributed by atoms with Crippen LogP contribution in [0.25, 0.3) is 0 Å². The Bertz CT molecular complexity index is 618. The fourth-order valence-electron chi connectivity index (χ4n) is 1.93. The lowest BCUT2D eigenvalue weighted by atomic mass is 10.1. The number of nitrogens with one attached hydrogen (secondary N) is 1. The van der Waals surface area contributed by atoms with Gasteiger partial charge in [0.2, 0.25) is 5.91 Å². The van der Waals surface area contributed by atoms with Crippen molar-refractivity contribution in [2.24, 2.45) is 0 Å². The van der Waals surface area contributed by atoms with E-state index in [0.29, 0.717) is 30.0 Å². The molecule has 0 saturated heterocycles. The average Bonchev–Trinajstić information content (AvgIpc) is 2.52. The molecule has 0 aliphatic rings. The number of amides is 1. The van der Waals surface area contributed by atoms with Crippen molar-refractivity contribution < 1.29 is 9.18 Å². The number of rotatable bonds is 7. The first kappa shape index (κ1) is 16.8. The fourth-order valence-corrected chi connectivity index (χ4v) is 2.82. The molecule has 0 atom stereocenters. The zero-order valence-corrected chi connectivity index (χ0v) is 13.6. The molecule has 1 amide bonds. The number of aryl methyl sites for hydroxylation is 1. The number of halogens is 2. The number of carbonyl (C=O) groups excluding carboxylic acids is 1. The summed E-state index contributed by atoms with van der Waals surface area (Å²) in [6, 6.07) is 14.1. The highest BCUT2D eigenvalue weighted by atomic mass is 35.5. The molecule has 116 valence electrons. The highest BCUT2D eigenvalue weighted by molar-refractivity contribution is 7.99. The van der Waals surface area contributed by atoms with Gasteiger partial charge in [-0.3, -0.25) is 4.79 Å². The number of carbonyl (C=O) groups is 1. The predicted molar refractivity (Wildman–Crippen MR) is 89.9 cm³/mol. The Balaban J connectivity index is 1.64. The zero-order valence-electron chi connectivity index (χ0n) is 12.0. The van der Waals surface area contributed by atoms with Crippen LogP contribution in [0.5, 0.6) is 0 Å². The minimum atomic E-state index is -0.256. The molecule has 2 aromatic carbocycles. The van der Waals surface area contributed by atoms with Crippen molar-refractivity contribution in [3.8, 4) is 0 Å². The maximum absolute atomic E-state index is 13.4. The highest BCUT2D eigenvalue weighted by Gasteiger charge is 2.05. The van der Waals surface area contributed by atoms with Crippen LogP contribution in [0.4, 0.5) is 4.39 Å². The molecular weight excluding hydrogens is 321 g/mol. The van der Waals surface area contributed by atoms with E-state index >= 15 is 0 Å². The van der Waals surface area contributed by atoms with Crippen molar-refractivity contribution in [3.05, 3.63) is 64.9 Å². The molecule has 0 spiro atoms. The minimum Gasteiger partial charge on any atom is -0.355 e. The summed E-state index contributed by atoms with van der Waals surface area (Å²) in [5.41, 5.74) is 0.577. The normalized spacial score (nSPS) is 10.5. The molecule has 0 unspecified atom stereocenters. The van der Waals surface area contributed by atoms with Gasteiger partial charge in [0.05, 0.1) is 0 Å². The maximum atomic E-state index is 13.4. The van der Waals surface area contributed by atoms with Gasteiger partial charge in [0.1, 0.15) is 5.82 Å². The molecular formula is C17H17ClFNOS. The molecule has 0 bridgehead atoms. The molecule has 22 heavy (non-hydrogen) atoms. The largest absolute Gasteiger partial charge is 0.355 e. The van der Waals surface area contributed by atoms with Crippen LogP contribution in [0.15, 0.2) is 53.4 Å². The third kappa shape index (κ3) is 5.70. The van der Waals surface area contributed by atoms with Crippen molar-refractivity contribution >= 4 is 29.3 Å². The van der Waals surface area contributed by atoms with Crippen LogP contribution in [0, 0.1) is 5.82 Å². The lowest BCUT2D eigenvalue weighted by Gasteiger charge is -2.06. The first-order valence-electron chi connectivity index (χ1n) is 7.03. The summed E-state index contributed by atoms with van der Waals surface area (Å²) >= 11 is 7.47. The first-order chi connectivity index (χ1) is 10.6. The second-order valence-corrected chi connectivity index (χ2v) is 6.35. The summed E-state index contributed by atoms with van der Waals surface area (Å²) in [5, 5.41) is 3.56. The summed E-state index contributed by atoms with van der Waals surface area (Å²) < 4.78 is 13.4. The molecule has 2 aromatic rings. The Morgan fingerprint density at radius 3 is 2.59 bits per heavy atom. The second-order valence-electron chi connectivity index (χ2n) is 4.74. The maximum Gasteiger partial charge on any atom is 0.220 e. The Morgan fingerprint density at radius 2 is 1.86 bits per heavy atom. The summed E-state index contributed by atoms with van der Waals surface area (Å²) in [5.74, 6) is 0.473. The van der Waals surface area contributed by atoms with Crippen molar-refractivity contribution in [1.29, 1.82) is 0 Å². The Kier molecular flexibility index (Phi) is 6.74. The van der Waals surface area contributed by atoms with Crippen molar-refractivity contribution in [3.63, 3.8) is 0 Å². The fraction of sp³-hybridized carbons (Fsp3) is 0.235. The van der Waals surface area contributed by atoms with E-state index in [4.69, 9.17) is 11.6 Å². The lowest BCUT2D eigenvalue weighted by Crippen LogP contribution is -2.25. The number of benzene rings is 2. The minimum absolute atomic E-state index is 0.0556. The van der Waals surface area contributed by atoms with E-state index in [-0.39, 0.29) is 11.7 Å². The quantitative estimate of drug-likeness (QED) is 0.602. The van der Waals surface area contributed by atoms with Crippen LogP contribution in [0.1, 0.15) is 12.0 Å². The Hall–Kier alpha value is -1.52. The lowest BCUT2D eigenvalue weighted by molar-refractivity contribution is -0.120. The van der Waals surface area contributed by atoms with Crippen LogP contribution < -0.4 is 5.32 Å². The molecule has 0 heterocycles. The first-order valence-corrected chi connectivity index (χ1v) is 8.40. The monoisotopic (exact) mass is 337 g/mol. The summed E-state index contributed by atoms with van der Waals surface area (Å²) in [6.45, 7) is 0.587. The number of hydrogen-bond acceptors (Lipinski definition) is 2. The van der Waals surface area contributed by atoms with Gasteiger partial charge < -0.3 is 5.32 Å². The third-order valence-electron chi connectivity index (χ3n) is 3.09. The molecule has 1 N–H and O–H groups in total. The number of hydrogen-bond donors (Lipinski definition) is 1. The van der Waals surface area contributed by atoms with Gasteiger partial charge in [-0.25, -0.2) is 4.39 Å². The van der Waals surface area contributed by atoms with E-state index in [1.54, 1.807) is 30.0 Å². The van der Waals surface area contributed by atoms with Gasteiger partial charge in [-0.2, -0.15) is 0 Å². The van der Waals surface area contributed by atoms with Crippen molar-refractivity contribution in [2.45, 2.75) is 17.7 Å². The van der Waals surface area contributed by atoms with Gasteiger partial charge in [0.15, 0.2) is 0 Å². The Morgan fingerprint density at radius 1 is 1.14 bits per heavy atom. The molecule has 2 rings (SSSR count). The average molecular weight is 338 g/mol. The van der Waals surface area contributed by atoms with E-state index in [1.807, 2.05) is 24.3 Å². The second kappa shape index (κ2) is 8.81. The molecule has 0 aromatic heterocycles. The van der Waals surface area contributed by atoms with Crippen LogP contribution in [-0.4, -0.2) is 18.2 Å². The summed E-state index contributed by atoms with van der Waals surface area (Å²) in [4.78, 5) is 12.8. The predicted octanol–water partition coefficient (Wildman–Crippen LogP) is 4.32. The molecule has 0 fully saturated rings. The Labute approximate surface area is 139 Å². The van der Waals surface area contributed by atoms with Crippen LogP contribution >= 0.6 is 23.4 Å². The van der Waals surface area contributed by atoms with Gasteiger partial charge in [0.25, 0.3) is 0 Å². The van der Waals surface area contributed by atoms with E-state index in [2.05, 4.69) is 5.32 Å². The molecule has 0 radical (unpaired) electrons. The molecule has 0 saturated carbocycles. The van der Waals surface area contributed by atoms with Gasteiger partial charge >= 0.3 is 0 Å². The van der Waals surface area contributed by atoms with Gasteiger partial charge in [-0.15, -0.1) is 11.8 Å². The van der Waals surface area contributed by atoms with E-state index in [1.165, 1.54) is 6.07 Å². The SMILES string of the molecule is O=C(CCc1ccccc1F)NCCSc1ccc(Cl)cc1. The van der Waals surface area contributed by atoms with E-state index in [9.17, 15) is 9.18 Å².